The highest BCUT2D eigenvalue weighted by molar-refractivity contribution is 5.59. The lowest BCUT2D eigenvalue weighted by molar-refractivity contribution is 0.411. The van der Waals surface area contributed by atoms with E-state index in [1.807, 2.05) is 13.8 Å². The molecule has 0 amide bonds. The van der Waals surface area contributed by atoms with Crippen molar-refractivity contribution >= 4 is 11.4 Å². The van der Waals surface area contributed by atoms with E-state index in [2.05, 4.69) is 15.4 Å². The Morgan fingerprint density at radius 3 is 2.16 bits per heavy atom. The Morgan fingerprint density at radius 2 is 1.68 bits per heavy atom. The first-order valence-corrected chi connectivity index (χ1v) is 5.41. The van der Waals surface area contributed by atoms with E-state index in [-0.39, 0.29) is 11.7 Å². The van der Waals surface area contributed by atoms with Gasteiger partial charge in [0.15, 0.2) is 0 Å². The van der Waals surface area contributed by atoms with E-state index in [9.17, 15) is 17.6 Å². The molecule has 0 saturated carbocycles. The topological polar surface area (TPSA) is 42.7 Å². The third-order valence-electron chi connectivity index (χ3n) is 2.40. The molecular weight excluding hydrogens is 264 g/mol. The fraction of sp³-hybridized carbons (Fsp3) is 0.273. The summed E-state index contributed by atoms with van der Waals surface area (Å²) in [5, 5.41) is 6.17. The van der Waals surface area contributed by atoms with E-state index in [0.29, 0.717) is 0 Å². The Kier molecular flexibility index (Phi) is 3.41. The zero-order valence-electron chi connectivity index (χ0n) is 10.1. The highest BCUT2D eigenvalue weighted by atomic mass is 19.2. The predicted octanol–water partition coefficient (Wildman–Crippen LogP) is 3.16. The maximum Gasteiger partial charge on any atom is 0.253 e. The Labute approximate surface area is 106 Å². The third-order valence-corrected chi connectivity index (χ3v) is 2.40. The fourth-order valence-electron chi connectivity index (χ4n) is 1.43. The van der Waals surface area contributed by atoms with Crippen LogP contribution in [-0.2, 0) is 0 Å². The van der Waals surface area contributed by atoms with Crippen molar-refractivity contribution in [2.75, 3.05) is 5.32 Å². The molecule has 0 radical (unpaired) electrons. The molecule has 1 N–H and O–H groups in total. The first-order chi connectivity index (χ1) is 8.90. The average Bonchev–Trinajstić information content (AvgIpc) is 2.81. The number of anilines is 2. The summed E-state index contributed by atoms with van der Waals surface area (Å²) in [4.78, 5) is 2.46. The number of hydrogen-bond acceptors (Lipinski definition) is 3. The molecule has 8 heteroatoms. The minimum atomic E-state index is -1.71. The van der Waals surface area contributed by atoms with Crippen molar-refractivity contribution < 1.29 is 17.6 Å². The normalized spacial score (nSPS) is 11.1. The second kappa shape index (κ2) is 4.87. The van der Waals surface area contributed by atoms with Crippen LogP contribution in [0, 0.1) is 23.5 Å². The smallest absolute Gasteiger partial charge is 0.253 e. The van der Waals surface area contributed by atoms with Gasteiger partial charge in [0, 0.05) is 12.2 Å². The van der Waals surface area contributed by atoms with Gasteiger partial charge >= 0.3 is 0 Å². The molecule has 2 rings (SSSR count). The molecule has 2 aromatic heterocycles. The van der Waals surface area contributed by atoms with Gasteiger partial charge in [-0.1, -0.05) is 0 Å². The average molecular weight is 274 g/mol. The fourth-order valence-corrected chi connectivity index (χ4v) is 1.43. The minimum absolute atomic E-state index is 0.0381. The summed E-state index contributed by atoms with van der Waals surface area (Å²) < 4.78 is 54.0. The molecule has 0 spiro atoms. The third kappa shape index (κ3) is 2.51. The van der Waals surface area contributed by atoms with Crippen molar-refractivity contribution in [2.45, 2.75) is 19.9 Å². The minimum Gasteiger partial charge on any atom is -0.348 e. The van der Waals surface area contributed by atoms with Gasteiger partial charge in [0.1, 0.15) is 5.69 Å². The van der Waals surface area contributed by atoms with Crippen LogP contribution in [-0.4, -0.2) is 14.8 Å². The SMILES string of the molecule is CC(C)n1cc(Nc2c(F)c(F)nc(F)c2F)cn1. The van der Waals surface area contributed by atoms with Crippen molar-refractivity contribution in [1.82, 2.24) is 14.8 Å². The molecule has 0 fully saturated rings. The van der Waals surface area contributed by atoms with Gasteiger partial charge in [-0.15, -0.1) is 0 Å². The molecule has 0 unspecified atom stereocenters. The summed E-state index contributed by atoms with van der Waals surface area (Å²) in [6, 6.07) is 0.0381. The number of aromatic nitrogens is 3. The van der Waals surface area contributed by atoms with E-state index in [4.69, 9.17) is 0 Å². The van der Waals surface area contributed by atoms with Crippen molar-refractivity contribution in [1.29, 1.82) is 0 Å². The quantitative estimate of drug-likeness (QED) is 0.690. The summed E-state index contributed by atoms with van der Waals surface area (Å²) in [5.41, 5.74) is -0.732. The van der Waals surface area contributed by atoms with E-state index < -0.39 is 29.2 Å². The van der Waals surface area contributed by atoms with Gasteiger partial charge in [0.25, 0.3) is 11.9 Å². The number of rotatable bonds is 3. The van der Waals surface area contributed by atoms with Crippen LogP contribution in [0.3, 0.4) is 0 Å². The number of pyridine rings is 1. The largest absolute Gasteiger partial charge is 0.348 e. The van der Waals surface area contributed by atoms with Crippen LogP contribution in [0.5, 0.6) is 0 Å². The molecule has 0 aromatic carbocycles. The highest BCUT2D eigenvalue weighted by Crippen LogP contribution is 2.25. The van der Waals surface area contributed by atoms with Gasteiger partial charge < -0.3 is 5.32 Å². The van der Waals surface area contributed by atoms with Crippen LogP contribution in [0.2, 0.25) is 0 Å². The summed E-state index contributed by atoms with van der Waals surface area (Å²) in [5.74, 6) is -6.59. The van der Waals surface area contributed by atoms with Gasteiger partial charge in [-0.25, -0.2) is 0 Å². The summed E-state index contributed by atoms with van der Waals surface area (Å²) in [7, 11) is 0. The van der Waals surface area contributed by atoms with Crippen molar-refractivity contribution in [3.8, 4) is 0 Å². The van der Waals surface area contributed by atoms with E-state index >= 15 is 0 Å². The molecule has 0 aliphatic carbocycles. The Bertz CT molecular complexity index is 583. The number of nitrogens with zero attached hydrogens (tertiary/aromatic N) is 3. The molecule has 0 aliphatic rings. The molecule has 2 heterocycles. The maximum absolute atomic E-state index is 13.4. The van der Waals surface area contributed by atoms with E-state index in [1.54, 1.807) is 0 Å². The lowest BCUT2D eigenvalue weighted by atomic mass is 10.3. The molecule has 19 heavy (non-hydrogen) atoms. The summed E-state index contributed by atoms with van der Waals surface area (Å²) >= 11 is 0. The van der Waals surface area contributed by atoms with Crippen LogP contribution in [0.15, 0.2) is 12.4 Å². The molecule has 0 bridgehead atoms. The monoisotopic (exact) mass is 274 g/mol. The van der Waals surface area contributed by atoms with Gasteiger partial charge in [0.2, 0.25) is 11.6 Å². The molecule has 102 valence electrons. The molecule has 2 aromatic rings. The summed E-state index contributed by atoms with van der Waals surface area (Å²) in [6.45, 7) is 3.70. The predicted molar refractivity (Wildman–Crippen MR) is 60.0 cm³/mol. The van der Waals surface area contributed by atoms with Gasteiger partial charge in [-0.2, -0.15) is 27.6 Å². The maximum atomic E-state index is 13.4. The van der Waals surface area contributed by atoms with Gasteiger partial charge in [-0.05, 0) is 13.8 Å². The first-order valence-electron chi connectivity index (χ1n) is 5.41. The Hall–Kier alpha value is -2.12. The second-order valence-corrected chi connectivity index (χ2v) is 4.12. The Balaban J connectivity index is 2.37. The number of hydrogen-bond donors (Lipinski definition) is 1. The molecule has 0 aliphatic heterocycles. The first kappa shape index (κ1) is 13.3. The summed E-state index contributed by atoms with van der Waals surface area (Å²) in [6.07, 6.45) is 2.74. The van der Waals surface area contributed by atoms with Crippen molar-refractivity contribution in [3.63, 3.8) is 0 Å². The molecule has 4 nitrogen and oxygen atoms in total. The second-order valence-electron chi connectivity index (χ2n) is 4.12. The zero-order chi connectivity index (χ0) is 14.2. The molecule has 0 saturated heterocycles. The van der Waals surface area contributed by atoms with Crippen LogP contribution >= 0.6 is 0 Å². The van der Waals surface area contributed by atoms with E-state index in [1.165, 1.54) is 17.1 Å². The van der Waals surface area contributed by atoms with Crippen LogP contribution in [0.1, 0.15) is 19.9 Å². The standard InChI is InChI=1S/C11H10F4N4/c1-5(2)19-4-6(3-16-19)17-9-7(12)10(14)18-11(15)8(9)13/h3-5H,1-2H3,(H,17,18). The number of nitrogens with one attached hydrogen (secondary N) is 1. The number of halogens is 4. The lowest BCUT2D eigenvalue weighted by Crippen LogP contribution is -2.05. The van der Waals surface area contributed by atoms with Crippen molar-refractivity contribution in [3.05, 3.63) is 35.9 Å². The van der Waals surface area contributed by atoms with E-state index in [0.717, 1.165) is 0 Å². The highest BCUT2D eigenvalue weighted by Gasteiger charge is 2.21. The van der Waals surface area contributed by atoms with Crippen molar-refractivity contribution in [2.24, 2.45) is 0 Å². The van der Waals surface area contributed by atoms with Gasteiger partial charge in [0.05, 0.1) is 11.9 Å². The zero-order valence-corrected chi connectivity index (χ0v) is 10.1. The van der Waals surface area contributed by atoms with Crippen LogP contribution in [0.25, 0.3) is 0 Å². The van der Waals surface area contributed by atoms with Gasteiger partial charge in [-0.3, -0.25) is 4.68 Å². The molecule has 0 atom stereocenters. The molecular formula is C11H10F4N4. The lowest BCUT2D eigenvalue weighted by Gasteiger charge is -2.07. The Morgan fingerprint density at radius 1 is 1.11 bits per heavy atom. The van der Waals surface area contributed by atoms with Crippen LogP contribution in [0.4, 0.5) is 28.9 Å². The van der Waals surface area contributed by atoms with Crippen LogP contribution < -0.4 is 5.32 Å².